The molecule has 156 valence electrons. The molecule has 0 amide bonds. The Bertz CT molecular complexity index is 945. The molecule has 3 fully saturated rings. The predicted octanol–water partition coefficient (Wildman–Crippen LogP) is 4.93. The Kier molecular flexibility index (Phi) is 4.68. The maximum atomic E-state index is 6.36. The number of anilines is 1. The van der Waals surface area contributed by atoms with Crippen LogP contribution in [0.5, 0.6) is 5.88 Å². The van der Waals surface area contributed by atoms with Crippen molar-refractivity contribution >= 4 is 16.6 Å². The molecule has 4 heteroatoms. The van der Waals surface area contributed by atoms with Crippen LogP contribution in [0.2, 0.25) is 0 Å². The lowest BCUT2D eigenvalue weighted by molar-refractivity contribution is 0.157. The van der Waals surface area contributed by atoms with Crippen LogP contribution in [0.3, 0.4) is 0 Å². The molecule has 0 radical (unpaired) electrons. The largest absolute Gasteiger partial charge is 0.476 e. The second-order valence-electron chi connectivity index (χ2n) is 9.44. The minimum atomic E-state index is 0.379. The van der Waals surface area contributed by atoms with Crippen LogP contribution in [-0.2, 0) is 0 Å². The van der Waals surface area contributed by atoms with Gasteiger partial charge in [-0.15, -0.1) is 0 Å². The number of rotatable bonds is 4. The fourth-order valence-corrected chi connectivity index (χ4v) is 6.20. The number of ether oxygens (including phenoxy) is 1. The first kappa shape index (κ1) is 18.3. The quantitative estimate of drug-likeness (QED) is 0.673. The summed E-state index contributed by atoms with van der Waals surface area (Å²) in [6.07, 6.45) is 5.55. The third-order valence-corrected chi connectivity index (χ3v) is 7.70. The van der Waals surface area contributed by atoms with Gasteiger partial charge in [0.1, 0.15) is 6.10 Å². The van der Waals surface area contributed by atoms with Crippen LogP contribution < -0.4 is 9.64 Å². The molecular weight excluding hydrogens is 370 g/mol. The highest BCUT2D eigenvalue weighted by molar-refractivity contribution is 5.81. The second-order valence-corrected chi connectivity index (χ2v) is 9.44. The summed E-state index contributed by atoms with van der Waals surface area (Å²) in [5, 5.41) is 1.24. The SMILES string of the molecule is c1ccc(N2CCN(C3CC4CC(Oc5cc6ccccc6[nH]5)CC4C3)CC2)cc1. The van der Waals surface area contributed by atoms with Crippen molar-refractivity contribution in [2.75, 3.05) is 31.1 Å². The van der Waals surface area contributed by atoms with E-state index >= 15 is 0 Å². The second kappa shape index (κ2) is 7.66. The third kappa shape index (κ3) is 3.47. The third-order valence-electron chi connectivity index (χ3n) is 7.70. The smallest absolute Gasteiger partial charge is 0.192 e. The first-order chi connectivity index (χ1) is 14.8. The van der Waals surface area contributed by atoms with E-state index in [0.717, 1.165) is 36.8 Å². The number of nitrogens with one attached hydrogen (secondary N) is 1. The number of aromatic nitrogens is 1. The zero-order chi connectivity index (χ0) is 19.9. The molecule has 2 saturated carbocycles. The molecule has 3 aliphatic rings. The van der Waals surface area contributed by atoms with E-state index in [9.17, 15) is 0 Å². The molecule has 2 heterocycles. The average Bonchev–Trinajstić information content (AvgIpc) is 3.47. The Balaban J connectivity index is 1.02. The molecule has 1 N–H and O–H groups in total. The van der Waals surface area contributed by atoms with E-state index in [0.29, 0.717) is 6.10 Å². The molecule has 2 aliphatic carbocycles. The highest BCUT2D eigenvalue weighted by Gasteiger charge is 2.44. The Morgan fingerprint density at radius 1 is 0.767 bits per heavy atom. The van der Waals surface area contributed by atoms with Gasteiger partial charge in [-0.1, -0.05) is 36.4 Å². The van der Waals surface area contributed by atoms with Gasteiger partial charge in [0.25, 0.3) is 0 Å². The van der Waals surface area contributed by atoms with Gasteiger partial charge in [0.15, 0.2) is 5.88 Å². The number of hydrogen-bond donors (Lipinski definition) is 1. The van der Waals surface area contributed by atoms with E-state index in [-0.39, 0.29) is 0 Å². The molecule has 6 rings (SSSR count). The van der Waals surface area contributed by atoms with Crippen molar-refractivity contribution in [3.05, 3.63) is 60.7 Å². The van der Waals surface area contributed by atoms with E-state index in [1.165, 1.54) is 55.4 Å². The molecule has 4 nitrogen and oxygen atoms in total. The first-order valence-electron chi connectivity index (χ1n) is 11.6. The number of aromatic amines is 1. The Morgan fingerprint density at radius 2 is 1.47 bits per heavy atom. The number of nitrogens with zero attached hydrogens (tertiary/aromatic N) is 2. The molecule has 2 atom stereocenters. The minimum Gasteiger partial charge on any atom is -0.476 e. The van der Waals surface area contributed by atoms with Crippen molar-refractivity contribution in [2.45, 2.75) is 37.8 Å². The van der Waals surface area contributed by atoms with Gasteiger partial charge >= 0.3 is 0 Å². The summed E-state index contributed by atoms with van der Waals surface area (Å²) in [4.78, 5) is 8.74. The number of para-hydroxylation sites is 2. The lowest BCUT2D eigenvalue weighted by Gasteiger charge is -2.39. The molecule has 1 aromatic heterocycles. The van der Waals surface area contributed by atoms with Crippen LogP contribution in [0.1, 0.15) is 25.7 Å². The van der Waals surface area contributed by atoms with Crippen LogP contribution in [0.4, 0.5) is 5.69 Å². The van der Waals surface area contributed by atoms with E-state index in [1.807, 2.05) is 0 Å². The minimum absolute atomic E-state index is 0.379. The highest BCUT2D eigenvalue weighted by atomic mass is 16.5. The molecule has 1 aliphatic heterocycles. The van der Waals surface area contributed by atoms with E-state index in [1.54, 1.807) is 0 Å². The number of fused-ring (bicyclic) bond motifs is 2. The molecule has 3 aromatic rings. The summed E-state index contributed by atoms with van der Waals surface area (Å²) in [5.41, 5.74) is 2.54. The number of H-pyrrole nitrogens is 1. The van der Waals surface area contributed by atoms with Gasteiger partial charge in [0.2, 0.25) is 0 Å². The standard InChI is InChI=1S/C26H31N3O/c1-2-7-22(8-3-1)28-10-12-29(13-11-28)23-14-20-16-24(17-21(20)15-23)30-26-18-19-6-4-5-9-25(19)27-26/h1-9,18,20-21,23-24,27H,10-17H2. The van der Waals surface area contributed by atoms with E-state index < -0.39 is 0 Å². The molecule has 0 spiro atoms. The zero-order valence-electron chi connectivity index (χ0n) is 17.5. The van der Waals surface area contributed by atoms with Gasteiger partial charge in [-0.05, 0) is 55.7 Å². The van der Waals surface area contributed by atoms with Crippen LogP contribution in [0, 0.1) is 11.8 Å². The predicted molar refractivity (Wildman–Crippen MR) is 122 cm³/mol. The summed E-state index contributed by atoms with van der Waals surface area (Å²) in [7, 11) is 0. The number of hydrogen-bond acceptors (Lipinski definition) is 3. The van der Waals surface area contributed by atoms with Gasteiger partial charge in [-0.2, -0.15) is 0 Å². The van der Waals surface area contributed by atoms with Crippen molar-refractivity contribution in [1.82, 2.24) is 9.88 Å². The van der Waals surface area contributed by atoms with Gasteiger partial charge in [-0.3, -0.25) is 4.90 Å². The Morgan fingerprint density at radius 3 is 2.20 bits per heavy atom. The van der Waals surface area contributed by atoms with Gasteiger partial charge < -0.3 is 14.6 Å². The lowest BCUT2D eigenvalue weighted by atomic mass is 10.0. The summed E-state index contributed by atoms with van der Waals surface area (Å²) in [6.45, 7) is 4.71. The van der Waals surface area contributed by atoms with Crippen LogP contribution in [0.25, 0.3) is 10.9 Å². The van der Waals surface area contributed by atoms with Gasteiger partial charge in [0, 0.05) is 54.9 Å². The maximum absolute atomic E-state index is 6.36. The van der Waals surface area contributed by atoms with Gasteiger partial charge in [-0.25, -0.2) is 0 Å². The molecular formula is C26H31N3O. The molecule has 30 heavy (non-hydrogen) atoms. The van der Waals surface area contributed by atoms with E-state index in [2.05, 4.69) is 75.4 Å². The summed E-state index contributed by atoms with van der Waals surface area (Å²) < 4.78 is 6.36. The van der Waals surface area contributed by atoms with Crippen molar-refractivity contribution < 1.29 is 4.74 Å². The normalized spacial score (nSPS) is 29.4. The van der Waals surface area contributed by atoms with Gasteiger partial charge in [0.05, 0.1) is 0 Å². The van der Waals surface area contributed by atoms with Crippen molar-refractivity contribution in [3.8, 4) is 5.88 Å². The Hall–Kier alpha value is -2.46. The fraction of sp³-hybridized carbons (Fsp3) is 0.462. The van der Waals surface area contributed by atoms with Crippen LogP contribution in [0.15, 0.2) is 60.7 Å². The molecule has 2 aromatic carbocycles. The Labute approximate surface area is 178 Å². The first-order valence-corrected chi connectivity index (χ1v) is 11.6. The summed E-state index contributed by atoms with van der Waals surface area (Å²) in [6, 6.07) is 22.2. The maximum Gasteiger partial charge on any atom is 0.192 e. The number of piperazine rings is 1. The van der Waals surface area contributed by atoms with Crippen molar-refractivity contribution in [2.24, 2.45) is 11.8 Å². The lowest BCUT2D eigenvalue weighted by Crippen LogP contribution is -2.50. The summed E-state index contributed by atoms with van der Waals surface area (Å²) >= 11 is 0. The van der Waals surface area contributed by atoms with Crippen molar-refractivity contribution in [3.63, 3.8) is 0 Å². The monoisotopic (exact) mass is 401 g/mol. The van der Waals surface area contributed by atoms with Crippen molar-refractivity contribution in [1.29, 1.82) is 0 Å². The fourth-order valence-electron chi connectivity index (χ4n) is 6.20. The summed E-state index contributed by atoms with van der Waals surface area (Å²) in [5.74, 6) is 2.63. The molecule has 0 bridgehead atoms. The number of benzene rings is 2. The van der Waals surface area contributed by atoms with Crippen LogP contribution in [-0.4, -0.2) is 48.2 Å². The highest BCUT2D eigenvalue weighted by Crippen LogP contribution is 2.47. The topological polar surface area (TPSA) is 31.5 Å². The molecule has 2 unspecified atom stereocenters. The van der Waals surface area contributed by atoms with E-state index in [4.69, 9.17) is 4.74 Å². The average molecular weight is 402 g/mol. The molecule has 1 saturated heterocycles. The van der Waals surface area contributed by atoms with Crippen LogP contribution >= 0.6 is 0 Å². The zero-order valence-corrected chi connectivity index (χ0v) is 17.5.